The van der Waals surface area contributed by atoms with Crippen molar-refractivity contribution in [3.63, 3.8) is 0 Å². The quantitative estimate of drug-likeness (QED) is 0.537. The molecule has 1 aromatic heterocycles. The standard InChI is InChI=1S/C18H17N3O2S/c22-17(23)16(21-18(24)20-13-6-2-1-3-7-13)10-12-11-19-15-9-5-4-8-14(12)15/h1-9,11,16,19H,10H2,(H,22,23)(H2,20,21,24)/t16-/m0/s1. The highest BCUT2D eigenvalue weighted by Crippen LogP contribution is 2.19. The summed E-state index contributed by atoms with van der Waals surface area (Å²) in [5.41, 5.74) is 2.74. The van der Waals surface area contributed by atoms with E-state index in [0.29, 0.717) is 6.42 Å². The van der Waals surface area contributed by atoms with Crippen molar-refractivity contribution in [3.05, 3.63) is 66.4 Å². The zero-order chi connectivity index (χ0) is 16.9. The van der Waals surface area contributed by atoms with Crippen molar-refractivity contribution in [1.82, 2.24) is 10.3 Å². The molecule has 3 rings (SSSR count). The molecule has 1 atom stereocenters. The second kappa shape index (κ2) is 7.14. The Morgan fingerprint density at radius 1 is 1.12 bits per heavy atom. The van der Waals surface area contributed by atoms with Gasteiger partial charge in [0.25, 0.3) is 0 Å². The van der Waals surface area contributed by atoms with Crippen LogP contribution in [0.1, 0.15) is 5.56 Å². The third kappa shape index (κ3) is 3.72. The molecule has 0 fully saturated rings. The van der Waals surface area contributed by atoms with Gasteiger partial charge in [-0.2, -0.15) is 0 Å². The van der Waals surface area contributed by atoms with Crippen LogP contribution < -0.4 is 10.6 Å². The summed E-state index contributed by atoms with van der Waals surface area (Å²) < 4.78 is 0. The highest BCUT2D eigenvalue weighted by Gasteiger charge is 2.20. The van der Waals surface area contributed by atoms with Crippen molar-refractivity contribution in [2.75, 3.05) is 5.32 Å². The molecule has 2 aromatic carbocycles. The van der Waals surface area contributed by atoms with E-state index >= 15 is 0 Å². The predicted octanol–water partition coefficient (Wildman–Crippen LogP) is 3.15. The Labute approximate surface area is 144 Å². The van der Waals surface area contributed by atoms with Crippen molar-refractivity contribution in [2.45, 2.75) is 12.5 Å². The summed E-state index contributed by atoms with van der Waals surface area (Å²) in [6.45, 7) is 0. The molecule has 0 saturated carbocycles. The number of carbonyl (C=O) groups is 1. The van der Waals surface area contributed by atoms with Crippen LogP contribution in [0.3, 0.4) is 0 Å². The van der Waals surface area contributed by atoms with Gasteiger partial charge in [0.1, 0.15) is 6.04 Å². The number of carboxylic acids is 1. The van der Waals surface area contributed by atoms with Gasteiger partial charge in [-0.25, -0.2) is 4.79 Å². The van der Waals surface area contributed by atoms with Crippen molar-refractivity contribution in [3.8, 4) is 0 Å². The second-order valence-corrected chi connectivity index (χ2v) is 5.83. The Balaban J connectivity index is 1.71. The number of benzene rings is 2. The molecule has 0 aliphatic heterocycles. The minimum atomic E-state index is -0.947. The normalized spacial score (nSPS) is 11.8. The van der Waals surface area contributed by atoms with E-state index in [2.05, 4.69) is 15.6 Å². The summed E-state index contributed by atoms with van der Waals surface area (Å²) in [6, 6.07) is 16.4. The lowest BCUT2D eigenvalue weighted by Gasteiger charge is -2.17. The lowest BCUT2D eigenvalue weighted by atomic mass is 10.1. The number of aromatic nitrogens is 1. The number of aromatic amines is 1. The minimum absolute atomic E-state index is 0.286. The van der Waals surface area contributed by atoms with Crippen molar-refractivity contribution in [1.29, 1.82) is 0 Å². The van der Waals surface area contributed by atoms with Gasteiger partial charge in [-0.05, 0) is 36.0 Å². The first-order valence-corrected chi connectivity index (χ1v) is 7.94. The zero-order valence-electron chi connectivity index (χ0n) is 12.8. The molecular weight excluding hydrogens is 322 g/mol. The van der Waals surface area contributed by atoms with Gasteiger partial charge in [-0.15, -0.1) is 0 Å². The number of H-pyrrole nitrogens is 1. The molecule has 0 aliphatic rings. The lowest BCUT2D eigenvalue weighted by Crippen LogP contribution is -2.44. The van der Waals surface area contributed by atoms with Crippen LogP contribution in [0.2, 0.25) is 0 Å². The number of fused-ring (bicyclic) bond motifs is 1. The van der Waals surface area contributed by atoms with Gasteiger partial charge < -0.3 is 20.7 Å². The van der Waals surface area contributed by atoms with E-state index in [1.54, 1.807) is 0 Å². The summed E-state index contributed by atoms with van der Waals surface area (Å²) in [5.74, 6) is -0.947. The maximum atomic E-state index is 11.6. The molecule has 1 heterocycles. The van der Waals surface area contributed by atoms with Crippen LogP contribution in [0.5, 0.6) is 0 Å². The maximum absolute atomic E-state index is 11.6. The van der Waals surface area contributed by atoms with E-state index in [4.69, 9.17) is 12.2 Å². The van der Waals surface area contributed by atoms with E-state index in [9.17, 15) is 9.90 Å². The molecule has 24 heavy (non-hydrogen) atoms. The fraction of sp³-hybridized carbons (Fsp3) is 0.111. The molecule has 0 spiro atoms. The SMILES string of the molecule is O=C(O)[C@H](Cc1c[nH]c2ccccc12)NC(=S)Nc1ccccc1. The summed E-state index contributed by atoms with van der Waals surface area (Å²) in [6.07, 6.45) is 2.17. The Hall–Kier alpha value is -2.86. The number of carboxylic acid groups (broad SMARTS) is 1. The fourth-order valence-electron chi connectivity index (χ4n) is 2.57. The van der Waals surface area contributed by atoms with Gasteiger partial charge in [0, 0.05) is 29.2 Å². The third-order valence-electron chi connectivity index (χ3n) is 3.73. The number of hydrogen-bond donors (Lipinski definition) is 4. The Bertz CT molecular complexity index is 861. The topological polar surface area (TPSA) is 77.1 Å². The molecule has 0 radical (unpaired) electrons. The molecule has 6 heteroatoms. The van der Waals surface area contributed by atoms with Crippen LogP contribution in [0.4, 0.5) is 5.69 Å². The first-order chi connectivity index (χ1) is 11.6. The first kappa shape index (κ1) is 16.0. The fourth-order valence-corrected chi connectivity index (χ4v) is 2.83. The van der Waals surface area contributed by atoms with E-state index in [0.717, 1.165) is 22.2 Å². The Morgan fingerprint density at radius 2 is 1.83 bits per heavy atom. The highest BCUT2D eigenvalue weighted by molar-refractivity contribution is 7.80. The van der Waals surface area contributed by atoms with Crippen LogP contribution in [0, 0.1) is 0 Å². The molecule has 5 nitrogen and oxygen atoms in total. The Morgan fingerprint density at radius 3 is 2.58 bits per heavy atom. The zero-order valence-corrected chi connectivity index (χ0v) is 13.6. The van der Waals surface area contributed by atoms with Gasteiger partial charge in [-0.1, -0.05) is 36.4 Å². The van der Waals surface area contributed by atoms with Crippen molar-refractivity contribution in [2.24, 2.45) is 0 Å². The molecule has 122 valence electrons. The largest absolute Gasteiger partial charge is 0.480 e. The molecule has 3 aromatic rings. The third-order valence-corrected chi connectivity index (χ3v) is 3.95. The Kier molecular flexibility index (Phi) is 4.77. The average molecular weight is 339 g/mol. The minimum Gasteiger partial charge on any atom is -0.480 e. The highest BCUT2D eigenvalue weighted by atomic mass is 32.1. The summed E-state index contributed by atoms with van der Waals surface area (Å²) in [5, 5.41) is 16.7. The van der Waals surface area contributed by atoms with Gasteiger partial charge in [0.2, 0.25) is 0 Å². The van der Waals surface area contributed by atoms with Gasteiger partial charge in [0.05, 0.1) is 0 Å². The number of thiocarbonyl (C=S) groups is 1. The van der Waals surface area contributed by atoms with Gasteiger partial charge in [-0.3, -0.25) is 0 Å². The van der Waals surface area contributed by atoms with Crippen LogP contribution in [-0.4, -0.2) is 27.2 Å². The smallest absolute Gasteiger partial charge is 0.326 e. The van der Waals surface area contributed by atoms with E-state index in [1.807, 2.05) is 60.8 Å². The van der Waals surface area contributed by atoms with Crippen molar-refractivity contribution < 1.29 is 9.90 Å². The molecule has 0 saturated heterocycles. The molecule has 0 bridgehead atoms. The second-order valence-electron chi connectivity index (χ2n) is 5.42. The van der Waals surface area contributed by atoms with E-state index in [1.165, 1.54) is 0 Å². The first-order valence-electron chi connectivity index (χ1n) is 7.54. The number of nitrogens with one attached hydrogen (secondary N) is 3. The lowest BCUT2D eigenvalue weighted by molar-refractivity contribution is -0.139. The van der Waals surface area contributed by atoms with Gasteiger partial charge in [0.15, 0.2) is 5.11 Å². The monoisotopic (exact) mass is 339 g/mol. The number of para-hydroxylation sites is 2. The number of rotatable bonds is 5. The van der Waals surface area contributed by atoms with Gasteiger partial charge >= 0.3 is 5.97 Å². The molecule has 0 unspecified atom stereocenters. The van der Waals surface area contributed by atoms with Crippen LogP contribution in [0.15, 0.2) is 60.8 Å². The summed E-state index contributed by atoms with van der Waals surface area (Å²) in [4.78, 5) is 14.7. The summed E-state index contributed by atoms with van der Waals surface area (Å²) >= 11 is 5.23. The molecule has 0 aliphatic carbocycles. The predicted molar refractivity (Wildman–Crippen MR) is 99.2 cm³/mol. The van der Waals surface area contributed by atoms with Crippen molar-refractivity contribution >= 4 is 39.9 Å². The number of hydrogen-bond acceptors (Lipinski definition) is 2. The van der Waals surface area contributed by atoms with Crippen LogP contribution in [0.25, 0.3) is 10.9 Å². The van der Waals surface area contributed by atoms with E-state index in [-0.39, 0.29) is 5.11 Å². The maximum Gasteiger partial charge on any atom is 0.326 e. The molecular formula is C18H17N3O2S. The summed E-state index contributed by atoms with van der Waals surface area (Å²) in [7, 11) is 0. The van der Waals surface area contributed by atoms with Crippen LogP contribution in [-0.2, 0) is 11.2 Å². The van der Waals surface area contributed by atoms with E-state index < -0.39 is 12.0 Å². The number of aliphatic carboxylic acids is 1. The molecule has 4 N–H and O–H groups in total. The van der Waals surface area contributed by atoms with Crippen LogP contribution >= 0.6 is 12.2 Å². The average Bonchev–Trinajstić information content (AvgIpc) is 2.98. The number of anilines is 1. The molecule has 0 amide bonds.